The van der Waals surface area contributed by atoms with Gasteiger partial charge in [-0.25, -0.2) is 9.97 Å². The molecule has 0 aliphatic carbocycles. The molecule has 116 valence electrons. The van der Waals surface area contributed by atoms with Crippen molar-refractivity contribution in [2.75, 3.05) is 5.32 Å². The zero-order chi connectivity index (χ0) is 16.1. The Morgan fingerprint density at radius 1 is 0.957 bits per heavy atom. The molecule has 0 radical (unpaired) electrons. The van der Waals surface area contributed by atoms with Crippen LogP contribution in [0, 0.1) is 6.92 Å². The summed E-state index contributed by atoms with van der Waals surface area (Å²) in [6, 6.07) is 17.6. The molecule has 23 heavy (non-hydrogen) atoms. The number of nitrogens with zero attached hydrogens (tertiary/aromatic N) is 2. The predicted octanol–water partition coefficient (Wildman–Crippen LogP) is 4.84. The Balaban J connectivity index is 1.59. The number of aryl methyl sites for hydroxylation is 1. The number of hydrogen-bond acceptors (Lipinski definition) is 4. The number of hydrogen-bond donors (Lipinski definition) is 1. The van der Waals surface area contributed by atoms with E-state index in [0.717, 1.165) is 17.1 Å². The molecule has 0 bridgehead atoms. The largest absolute Gasteiger partial charge is 0.457 e. The number of aromatic nitrogens is 2. The Morgan fingerprint density at radius 2 is 1.61 bits per heavy atom. The fraction of sp³-hybridized carbons (Fsp3) is 0.111. The van der Waals surface area contributed by atoms with Crippen molar-refractivity contribution in [2.45, 2.75) is 13.5 Å². The topological polar surface area (TPSA) is 47.0 Å². The summed E-state index contributed by atoms with van der Waals surface area (Å²) in [6.45, 7) is 2.70. The highest BCUT2D eigenvalue weighted by Crippen LogP contribution is 2.22. The molecule has 1 aromatic heterocycles. The van der Waals surface area contributed by atoms with Gasteiger partial charge in [-0.2, -0.15) is 0 Å². The average Bonchev–Trinajstić information content (AvgIpc) is 2.56. The van der Waals surface area contributed by atoms with Crippen LogP contribution in [0.5, 0.6) is 11.5 Å². The van der Waals surface area contributed by atoms with Gasteiger partial charge in [0.1, 0.15) is 28.8 Å². The molecule has 0 saturated carbocycles. The minimum absolute atomic E-state index is 0.421. The van der Waals surface area contributed by atoms with Gasteiger partial charge in [-0.3, -0.25) is 0 Å². The number of rotatable bonds is 5. The molecular weight excluding hydrogens is 310 g/mol. The van der Waals surface area contributed by atoms with E-state index in [1.54, 1.807) is 6.07 Å². The van der Waals surface area contributed by atoms with Gasteiger partial charge in [0, 0.05) is 12.6 Å². The first-order valence-corrected chi connectivity index (χ1v) is 7.62. The standard InChI is InChI=1S/C18H16ClN3O/c1-13-2-6-15(7-3-13)23-16-8-4-14(5-9-16)11-20-18-10-17(19)21-12-22-18/h2-10,12H,11H2,1H3,(H,20,21,22). The summed E-state index contributed by atoms with van der Waals surface area (Å²) in [4.78, 5) is 7.95. The third kappa shape index (κ3) is 4.44. The summed E-state index contributed by atoms with van der Waals surface area (Å²) in [5.74, 6) is 2.34. The third-order valence-corrected chi connectivity index (χ3v) is 3.49. The number of benzene rings is 2. The van der Waals surface area contributed by atoms with Crippen molar-refractivity contribution in [3.63, 3.8) is 0 Å². The molecule has 0 atom stereocenters. The Morgan fingerprint density at radius 3 is 2.26 bits per heavy atom. The Labute approximate surface area is 140 Å². The molecule has 0 amide bonds. The van der Waals surface area contributed by atoms with Crippen LogP contribution in [0.3, 0.4) is 0 Å². The van der Waals surface area contributed by atoms with Crippen LogP contribution in [0.25, 0.3) is 0 Å². The highest BCUT2D eigenvalue weighted by molar-refractivity contribution is 6.29. The molecule has 0 aliphatic heterocycles. The van der Waals surface area contributed by atoms with Crippen molar-refractivity contribution in [3.05, 3.63) is 77.2 Å². The summed E-state index contributed by atoms with van der Waals surface area (Å²) < 4.78 is 5.81. The summed E-state index contributed by atoms with van der Waals surface area (Å²) >= 11 is 5.83. The Kier molecular flexibility index (Phi) is 4.74. The van der Waals surface area contributed by atoms with Gasteiger partial charge in [0.25, 0.3) is 0 Å². The maximum absolute atomic E-state index is 5.83. The fourth-order valence-electron chi connectivity index (χ4n) is 2.04. The van der Waals surface area contributed by atoms with Crippen molar-refractivity contribution < 1.29 is 4.74 Å². The lowest BCUT2D eigenvalue weighted by Crippen LogP contribution is -2.01. The minimum atomic E-state index is 0.421. The van der Waals surface area contributed by atoms with Crippen LogP contribution in [-0.4, -0.2) is 9.97 Å². The van der Waals surface area contributed by atoms with Crippen LogP contribution in [0.2, 0.25) is 5.15 Å². The van der Waals surface area contributed by atoms with Crippen molar-refractivity contribution in [1.82, 2.24) is 9.97 Å². The van der Waals surface area contributed by atoms with E-state index in [9.17, 15) is 0 Å². The third-order valence-electron chi connectivity index (χ3n) is 3.29. The molecular formula is C18H16ClN3O. The van der Waals surface area contributed by atoms with Crippen LogP contribution in [0.15, 0.2) is 60.9 Å². The van der Waals surface area contributed by atoms with Gasteiger partial charge in [-0.15, -0.1) is 0 Å². The average molecular weight is 326 g/mol. The second-order valence-corrected chi connectivity index (χ2v) is 5.53. The number of anilines is 1. The summed E-state index contributed by atoms with van der Waals surface area (Å²) in [7, 11) is 0. The van der Waals surface area contributed by atoms with E-state index < -0.39 is 0 Å². The predicted molar refractivity (Wildman–Crippen MR) is 92.1 cm³/mol. The molecule has 3 aromatic rings. The van der Waals surface area contributed by atoms with Crippen molar-refractivity contribution in [1.29, 1.82) is 0 Å². The minimum Gasteiger partial charge on any atom is -0.457 e. The molecule has 2 aromatic carbocycles. The second kappa shape index (κ2) is 7.11. The van der Waals surface area contributed by atoms with Crippen molar-refractivity contribution in [3.8, 4) is 11.5 Å². The molecule has 1 heterocycles. The van der Waals surface area contributed by atoms with E-state index in [1.165, 1.54) is 11.9 Å². The first kappa shape index (κ1) is 15.3. The molecule has 0 unspecified atom stereocenters. The van der Waals surface area contributed by atoms with E-state index in [-0.39, 0.29) is 0 Å². The molecule has 1 N–H and O–H groups in total. The Bertz CT molecular complexity index is 773. The molecule has 5 heteroatoms. The van der Waals surface area contributed by atoms with Gasteiger partial charge in [0.05, 0.1) is 0 Å². The first-order valence-electron chi connectivity index (χ1n) is 7.24. The molecule has 3 rings (SSSR count). The van der Waals surface area contributed by atoms with Crippen molar-refractivity contribution >= 4 is 17.4 Å². The monoisotopic (exact) mass is 325 g/mol. The van der Waals surface area contributed by atoms with Gasteiger partial charge in [-0.05, 0) is 36.8 Å². The van der Waals surface area contributed by atoms with Gasteiger partial charge >= 0.3 is 0 Å². The van der Waals surface area contributed by atoms with E-state index in [2.05, 4.69) is 22.2 Å². The van der Waals surface area contributed by atoms with Crippen LogP contribution in [0.1, 0.15) is 11.1 Å². The normalized spacial score (nSPS) is 10.3. The van der Waals surface area contributed by atoms with Gasteiger partial charge < -0.3 is 10.1 Å². The summed E-state index contributed by atoms with van der Waals surface area (Å²) in [6.07, 6.45) is 1.43. The SMILES string of the molecule is Cc1ccc(Oc2ccc(CNc3cc(Cl)ncn3)cc2)cc1. The van der Waals surface area contributed by atoms with Gasteiger partial charge in [-0.1, -0.05) is 41.4 Å². The zero-order valence-corrected chi connectivity index (χ0v) is 13.4. The lowest BCUT2D eigenvalue weighted by Gasteiger charge is -2.08. The highest BCUT2D eigenvalue weighted by Gasteiger charge is 2.00. The number of ether oxygens (including phenoxy) is 1. The van der Waals surface area contributed by atoms with E-state index in [0.29, 0.717) is 17.5 Å². The van der Waals surface area contributed by atoms with Crippen LogP contribution in [0.4, 0.5) is 5.82 Å². The molecule has 0 saturated heterocycles. The lowest BCUT2D eigenvalue weighted by molar-refractivity contribution is 0.482. The maximum atomic E-state index is 5.83. The number of nitrogens with one attached hydrogen (secondary N) is 1. The Hall–Kier alpha value is -2.59. The molecule has 0 spiro atoms. The molecule has 0 fully saturated rings. The first-order chi connectivity index (χ1) is 11.2. The maximum Gasteiger partial charge on any atom is 0.134 e. The number of halogens is 1. The van der Waals surface area contributed by atoms with Crippen molar-refractivity contribution in [2.24, 2.45) is 0 Å². The van der Waals surface area contributed by atoms with Crippen LogP contribution >= 0.6 is 11.6 Å². The van der Waals surface area contributed by atoms with Crippen LogP contribution < -0.4 is 10.1 Å². The molecule has 0 aliphatic rings. The highest BCUT2D eigenvalue weighted by atomic mass is 35.5. The lowest BCUT2D eigenvalue weighted by atomic mass is 10.2. The quantitative estimate of drug-likeness (QED) is 0.682. The zero-order valence-electron chi connectivity index (χ0n) is 12.7. The summed E-state index contributed by atoms with van der Waals surface area (Å²) in [5, 5.41) is 3.62. The molecule has 4 nitrogen and oxygen atoms in total. The fourth-order valence-corrected chi connectivity index (χ4v) is 2.19. The second-order valence-electron chi connectivity index (χ2n) is 5.14. The van der Waals surface area contributed by atoms with Crippen LogP contribution in [-0.2, 0) is 6.54 Å². The van der Waals surface area contributed by atoms with E-state index >= 15 is 0 Å². The van der Waals surface area contributed by atoms with E-state index in [4.69, 9.17) is 16.3 Å². The van der Waals surface area contributed by atoms with Gasteiger partial charge in [0.15, 0.2) is 0 Å². The van der Waals surface area contributed by atoms with Gasteiger partial charge in [0.2, 0.25) is 0 Å². The summed E-state index contributed by atoms with van der Waals surface area (Å²) in [5.41, 5.74) is 2.33. The van der Waals surface area contributed by atoms with E-state index in [1.807, 2.05) is 48.5 Å². The smallest absolute Gasteiger partial charge is 0.134 e.